The third-order valence-corrected chi connectivity index (χ3v) is 13.1. The molecule has 2 aromatic rings. The van der Waals surface area contributed by atoms with Gasteiger partial charge in [0.15, 0.2) is 0 Å². The van der Waals surface area contributed by atoms with Gasteiger partial charge in [0.1, 0.15) is 19.7 Å². The van der Waals surface area contributed by atoms with Gasteiger partial charge >= 0.3 is 0 Å². The standard InChI is InChI=1S/C34H53N4O4PS/c1-23(2)17-28-22-42-32-19-31(33-24(3)9-7-10-25(33)4)35-34(36-32)37-44(40,41)30-12-8-11-27(18-30)21-38(28)20-26-13-15-29(16-14-26)43(5,6)39/h7,9-10,13-16,23,27-28,30-32,34-37H,8,11-12,17-22H2,1-6H3/t27?,28-,30?,31?,32?,34?/m1/s1. The van der Waals surface area contributed by atoms with Crippen molar-refractivity contribution >= 4 is 22.5 Å². The van der Waals surface area contributed by atoms with Crippen molar-refractivity contribution < 1.29 is 17.7 Å². The number of hydrogen-bond acceptors (Lipinski definition) is 7. The second-order valence-corrected chi connectivity index (χ2v) is 19.4. The Morgan fingerprint density at radius 1 is 1.00 bits per heavy atom. The zero-order chi connectivity index (χ0) is 31.6. The lowest BCUT2D eigenvalue weighted by Crippen LogP contribution is -2.64. The van der Waals surface area contributed by atoms with E-state index in [1.807, 2.05) is 25.5 Å². The van der Waals surface area contributed by atoms with Crippen LogP contribution in [0.2, 0.25) is 0 Å². The van der Waals surface area contributed by atoms with Crippen molar-refractivity contribution in [3.8, 4) is 0 Å². The Morgan fingerprint density at radius 2 is 1.70 bits per heavy atom. The Bertz CT molecular complexity index is 1410. The van der Waals surface area contributed by atoms with Gasteiger partial charge in [-0.25, -0.2) is 8.42 Å². The van der Waals surface area contributed by atoms with E-state index in [-0.39, 0.29) is 24.2 Å². The third kappa shape index (κ3) is 8.41. The number of sulfonamides is 1. The molecule has 0 aromatic heterocycles. The molecule has 2 aromatic carbocycles. The Kier molecular flexibility index (Phi) is 10.8. The Balaban J connectivity index is 1.47. The van der Waals surface area contributed by atoms with Crippen molar-refractivity contribution in [2.75, 3.05) is 26.5 Å². The minimum atomic E-state index is -3.57. The van der Waals surface area contributed by atoms with Crippen LogP contribution in [-0.2, 0) is 25.9 Å². The van der Waals surface area contributed by atoms with Crippen molar-refractivity contribution in [1.29, 1.82) is 0 Å². The van der Waals surface area contributed by atoms with Crippen LogP contribution in [0.1, 0.15) is 80.7 Å². The smallest absolute Gasteiger partial charge is 0.216 e. The summed E-state index contributed by atoms with van der Waals surface area (Å²) >= 11 is 0. The van der Waals surface area contributed by atoms with Gasteiger partial charge in [0.2, 0.25) is 10.0 Å². The number of ether oxygens (including phenoxy) is 1. The van der Waals surface area contributed by atoms with Gasteiger partial charge < -0.3 is 9.30 Å². The highest BCUT2D eigenvalue weighted by atomic mass is 32.2. The first-order chi connectivity index (χ1) is 20.8. The number of rotatable bonds is 6. The summed E-state index contributed by atoms with van der Waals surface area (Å²) in [5.41, 5.74) is 4.77. The van der Waals surface area contributed by atoms with Gasteiger partial charge in [-0.2, -0.15) is 4.72 Å². The average molecular weight is 645 g/mol. The van der Waals surface area contributed by atoms with E-state index in [4.69, 9.17) is 4.74 Å². The van der Waals surface area contributed by atoms with Crippen LogP contribution in [0.4, 0.5) is 0 Å². The second kappa shape index (κ2) is 14.0. The Labute approximate surface area is 265 Å². The van der Waals surface area contributed by atoms with Crippen LogP contribution in [0, 0.1) is 25.7 Å². The summed E-state index contributed by atoms with van der Waals surface area (Å²) in [5.74, 6) is 0.765. The van der Waals surface area contributed by atoms with E-state index >= 15 is 0 Å². The lowest BCUT2D eigenvalue weighted by molar-refractivity contribution is -0.0483. The van der Waals surface area contributed by atoms with Crippen molar-refractivity contribution in [1.82, 2.24) is 20.3 Å². The van der Waals surface area contributed by atoms with E-state index < -0.39 is 28.7 Å². The SMILES string of the molecule is Cc1cccc(C)c1C1CC2NC(N1)NS(=O)(=O)C1CCCC(C1)CN(Cc1ccc(P(C)(C)=O)cc1)[C@H](CC(C)C)CO2. The Hall–Kier alpha value is -1.58. The summed E-state index contributed by atoms with van der Waals surface area (Å²) in [5, 5.41) is 7.49. The fourth-order valence-corrected chi connectivity index (χ4v) is 9.99. The lowest BCUT2D eigenvalue weighted by atomic mass is 9.87. The molecule has 4 bridgehead atoms. The summed E-state index contributed by atoms with van der Waals surface area (Å²) in [6.07, 6.45) is 4.03. The van der Waals surface area contributed by atoms with Crippen molar-refractivity contribution in [3.05, 3.63) is 64.7 Å². The van der Waals surface area contributed by atoms with E-state index in [9.17, 15) is 13.0 Å². The molecule has 3 aliphatic rings. The van der Waals surface area contributed by atoms with E-state index in [2.05, 4.69) is 78.3 Å². The van der Waals surface area contributed by atoms with E-state index in [1.165, 1.54) is 22.3 Å². The first kappa shape index (κ1) is 33.8. The fourth-order valence-electron chi connectivity index (χ4n) is 7.46. The molecule has 5 rings (SSSR count). The van der Waals surface area contributed by atoms with Crippen molar-refractivity contribution in [3.63, 3.8) is 0 Å². The summed E-state index contributed by atoms with van der Waals surface area (Å²) < 4.78 is 50.0. The molecule has 5 unspecified atom stereocenters. The topological polar surface area (TPSA) is 99.8 Å². The van der Waals surface area contributed by atoms with Crippen LogP contribution in [-0.4, -0.2) is 63.6 Å². The molecule has 2 heterocycles. The van der Waals surface area contributed by atoms with E-state index in [1.54, 1.807) is 0 Å². The van der Waals surface area contributed by atoms with Gasteiger partial charge in [-0.1, -0.05) is 62.7 Å². The minimum Gasteiger partial charge on any atom is -0.362 e. The molecule has 6 atom stereocenters. The number of benzene rings is 2. The number of hydrogen-bond donors (Lipinski definition) is 3. The number of nitrogens with zero attached hydrogens (tertiary/aromatic N) is 1. The zero-order valence-corrected chi connectivity index (χ0v) is 29.1. The van der Waals surface area contributed by atoms with Crippen LogP contribution < -0.4 is 20.7 Å². The molecular formula is C34H53N4O4PS. The molecule has 2 saturated heterocycles. The second-order valence-electron chi connectivity index (χ2n) is 14.2. The molecule has 10 heteroatoms. The molecule has 3 N–H and O–H groups in total. The van der Waals surface area contributed by atoms with Gasteiger partial charge in [0.05, 0.1) is 11.9 Å². The summed E-state index contributed by atoms with van der Waals surface area (Å²) in [6, 6.07) is 14.7. The normalized spacial score (nSPS) is 30.2. The number of fused-ring (bicyclic) bond motifs is 4. The first-order valence-electron chi connectivity index (χ1n) is 16.4. The van der Waals surface area contributed by atoms with E-state index in [0.717, 1.165) is 37.7 Å². The molecular weight excluding hydrogens is 591 g/mol. The minimum absolute atomic E-state index is 0.0503. The van der Waals surface area contributed by atoms with Crippen LogP contribution >= 0.6 is 7.14 Å². The number of aryl methyl sites for hydroxylation is 2. The van der Waals surface area contributed by atoms with Gasteiger partial charge in [0.25, 0.3) is 0 Å². The summed E-state index contributed by atoms with van der Waals surface area (Å²) in [4.78, 5) is 2.54. The lowest BCUT2D eigenvalue weighted by Gasteiger charge is -2.40. The largest absolute Gasteiger partial charge is 0.362 e. The van der Waals surface area contributed by atoms with Crippen LogP contribution in [0.5, 0.6) is 0 Å². The van der Waals surface area contributed by atoms with Gasteiger partial charge in [0, 0.05) is 36.9 Å². The molecule has 44 heavy (non-hydrogen) atoms. The molecule has 0 spiro atoms. The third-order valence-electron chi connectivity index (χ3n) is 9.70. The highest BCUT2D eigenvalue weighted by Crippen LogP contribution is 2.35. The maximum atomic E-state index is 13.8. The molecule has 8 nitrogen and oxygen atoms in total. The van der Waals surface area contributed by atoms with Crippen LogP contribution in [0.15, 0.2) is 42.5 Å². The molecule has 0 amide bonds. The van der Waals surface area contributed by atoms with Crippen molar-refractivity contribution in [2.45, 2.75) is 103 Å². The molecule has 1 saturated carbocycles. The monoisotopic (exact) mass is 644 g/mol. The molecule has 0 radical (unpaired) electrons. The zero-order valence-electron chi connectivity index (χ0n) is 27.4. The van der Waals surface area contributed by atoms with Crippen LogP contribution in [0.3, 0.4) is 0 Å². The molecule has 2 aliphatic heterocycles. The number of nitrogens with one attached hydrogen (secondary N) is 3. The molecule has 244 valence electrons. The van der Waals surface area contributed by atoms with Gasteiger partial charge in [-0.05, 0) is 87.0 Å². The van der Waals surface area contributed by atoms with Crippen molar-refractivity contribution in [2.24, 2.45) is 11.8 Å². The summed E-state index contributed by atoms with van der Waals surface area (Å²) in [6.45, 7) is 14.5. The quantitative estimate of drug-likeness (QED) is 0.372. The van der Waals surface area contributed by atoms with Crippen LogP contribution in [0.25, 0.3) is 0 Å². The molecule has 1 aliphatic carbocycles. The summed E-state index contributed by atoms with van der Waals surface area (Å²) in [7, 11) is -5.90. The first-order valence-corrected chi connectivity index (χ1v) is 20.5. The highest BCUT2D eigenvalue weighted by molar-refractivity contribution is 7.90. The maximum Gasteiger partial charge on any atom is 0.216 e. The maximum absolute atomic E-state index is 13.8. The fraction of sp³-hybridized carbons (Fsp3) is 0.647. The van der Waals surface area contributed by atoms with Gasteiger partial charge in [-0.15, -0.1) is 0 Å². The van der Waals surface area contributed by atoms with Gasteiger partial charge in [-0.3, -0.25) is 15.5 Å². The predicted octanol–water partition coefficient (Wildman–Crippen LogP) is 5.21. The average Bonchev–Trinajstić information content (AvgIpc) is 2.94. The van der Waals surface area contributed by atoms with E-state index in [0.29, 0.717) is 31.8 Å². The predicted molar refractivity (Wildman–Crippen MR) is 180 cm³/mol. The Morgan fingerprint density at radius 3 is 2.36 bits per heavy atom. The molecule has 3 fully saturated rings. The highest BCUT2D eigenvalue weighted by Gasteiger charge is 2.39.